The van der Waals surface area contributed by atoms with Gasteiger partial charge in [0, 0.05) is 32.2 Å². The van der Waals surface area contributed by atoms with E-state index in [1.807, 2.05) is 25.1 Å². The molecule has 1 aromatic rings. The Labute approximate surface area is 108 Å². The molecule has 6 heteroatoms. The standard InChI is InChI=1S/C12H19N3O2S/c1-11-9-15(18(13,16)17)8-7-14(11)10-12-5-3-2-4-6-12/h2-6,11H,7-10H2,1H3,(H2,13,16,17). The summed E-state index contributed by atoms with van der Waals surface area (Å²) in [5.74, 6) is 0. The maximum absolute atomic E-state index is 11.3. The molecular weight excluding hydrogens is 250 g/mol. The molecule has 0 radical (unpaired) electrons. The summed E-state index contributed by atoms with van der Waals surface area (Å²) in [5.41, 5.74) is 1.24. The summed E-state index contributed by atoms with van der Waals surface area (Å²) in [5, 5.41) is 5.15. The third-order valence-corrected chi connectivity index (χ3v) is 4.37. The minimum Gasteiger partial charge on any atom is -0.294 e. The molecule has 18 heavy (non-hydrogen) atoms. The van der Waals surface area contributed by atoms with E-state index in [-0.39, 0.29) is 6.04 Å². The van der Waals surface area contributed by atoms with Gasteiger partial charge in [0.25, 0.3) is 10.2 Å². The van der Waals surface area contributed by atoms with Crippen molar-refractivity contribution < 1.29 is 8.42 Å². The van der Waals surface area contributed by atoms with Gasteiger partial charge in [0.15, 0.2) is 0 Å². The molecule has 0 bridgehead atoms. The molecule has 0 amide bonds. The van der Waals surface area contributed by atoms with E-state index in [2.05, 4.69) is 17.0 Å². The monoisotopic (exact) mass is 269 g/mol. The van der Waals surface area contributed by atoms with Crippen LogP contribution in [0.2, 0.25) is 0 Å². The predicted molar refractivity (Wildman–Crippen MR) is 71.0 cm³/mol. The first-order valence-electron chi connectivity index (χ1n) is 6.02. The van der Waals surface area contributed by atoms with Crippen LogP contribution in [0.3, 0.4) is 0 Å². The Morgan fingerprint density at radius 3 is 2.50 bits per heavy atom. The Kier molecular flexibility index (Phi) is 4.01. The van der Waals surface area contributed by atoms with Gasteiger partial charge in [0.05, 0.1) is 0 Å². The molecule has 1 aliphatic rings. The van der Waals surface area contributed by atoms with Crippen molar-refractivity contribution in [2.45, 2.75) is 19.5 Å². The largest absolute Gasteiger partial charge is 0.294 e. The molecule has 1 aliphatic heterocycles. The number of nitrogens with two attached hydrogens (primary N) is 1. The van der Waals surface area contributed by atoms with Crippen LogP contribution in [0.25, 0.3) is 0 Å². The Morgan fingerprint density at radius 2 is 1.94 bits per heavy atom. The molecule has 2 rings (SSSR count). The molecule has 2 N–H and O–H groups in total. The Bertz CT molecular complexity index is 489. The first-order chi connectivity index (χ1) is 8.47. The summed E-state index contributed by atoms with van der Waals surface area (Å²) >= 11 is 0. The summed E-state index contributed by atoms with van der Waals surface area (Å²) in [7, 11) is -3.55. The summed E-state index contributed by atoms with van der Waals surface area (Å²) in [4.78, 5) is 2.27. The summed E-state index contributed by atoms with van der Waals surface area (Å²) in [6.07, 6.45) is 0. The van der Waals surface area contributed by atoms with Gasteiger partial charge in [-0.05, 0) is 12.5 Å². The van der Waals surface area contributed by atoms with Crippen molar-refractivity contribution in [3.05, 3.63) is 35.9 Å². The third kappa shape index (κ3) is 3.29. The normalized spacial score (nSPS) is 23.1. The summed E-state index contributed by atoms with van der Waals surface area (Å²) < 4.78 is 23.9. The second kappa shape index (κ2) is 5.36. The van der Waals surface area contributed by atoms with Crippen molar-refractivity contribution >= 4 is 10.2 Å². The second-order valence-electron chi connectivity index (χ2n) is 4.71. The van der Waals surface area contributed by atoms with E-state index in [4.69, 9.17) is 5.14 Å². The lowest BCUT2D eigenvalue weighted by atomic mass is 10.1. The average molecular weight is 269 g/mol. The van der Waals surface area contributed by atoms with E-state index in [1.54, 1.807) is 0 Å². The SMILES string of the molecule is CC1CN(S(N)(=O)=O)CCN1Cc1ccccc1. The van der Waals surface area contributed by atoms with Gasteiger partial charge in [-0.3, -0.25) is 4.90 Å². The van der Waals surface area contributed by atoms with E-state index < -0.39 is 10.2 Å². The van der Waals surface area contributed by atoms with Gasteiger partial charge >= 0.3 is 0 Å². The van der Waals surface area contributed by atoms with Gasteiger partial charge in [-0.15, -0.1) is 0 Å². The van der Waals surface area contributed by atoms with Crippen LogP contribution in [-0.2, 0) is 16.8 Å². The van der Waals surface area contributed by atoms with Crippen LogP contribution in [0.4, 0.5) is 0 Å². The molecule has 0 spiro atoms. The average Bonchev–Trinajstić information content (AvgIpc) is 2.32. The van der Waals surface area contributed by atoms with Crippen LogP contribution in [0.5, 0.6) is 0 Å². The van der Waals surface area contributed by atoms with E-state index in [0.717, 1.165) is 6.54 Å². The van der Waals surface area contributed by atoms with E-state index in [0.29, 0.717) is 19.6 Å². The van der Waals surface area contributed by atoms with Crippen molar-refractivity contribution in [2.75, 3.05) is 19.6 Å². The van der Waals surface area contributed by atoms with Crippen LogP contribution < -0.4 is 5.14 Å². The summed E-state index contributed by atoms with van der Waals surface area (Å²) in [6, 6.07) is 10.4. The zero-order valence-corrected chi connectivity index (χ0v) is 11.3. The smallest absolute Gasteiger partial charge is 0.276 e. The first-order valence-corrected chi connectivity index (χ1v) is 7.53. The maximum atomic E-state index is 11.3. The number of hydrogen-bond acceptors (Lipinski definition) is 3. The van der Waals surface area contributed by atoms with Crippen molar-refractivity contribution in [3.8, 4) is 0 Å². The van der Waals surface area contributed by atoms with Crippen molar-refractivity contribution in [3.63, 3.8) is 0 Å². The van der Waals surface area contributed by atoms with Crippen LogP contribution >= 0.6 is 0 Å². The van der Waals surface area contributed by atoms with Gasteiger partial charge in [0.1, 0.15) is 0 Å². The number of hydrogen-bond donors (Lipinski definition) is 1. The highest BCUT2D eigenvalue weighted by atomic mass is 32.2. The topological polar surface area (TPSA) is 66.6 Å². The molecule has 0 aromatic heterocycles. The van der Waals surface area contributed by atoms with E-state index >= 15 is 0 Å². The lowest BCUT2D eigenvalue weighted by molar-refractivity contribution is 0.122. The maximum Gasteiger partial charge on any atom is 0.276 e. The fourth-order valence-electron chi connectivity index (χ4n) is 2.25. The molecule has 1 unspecified atom stereocenters. The zero-order chi connectivity index (χ0) is 13.2. The number of piperazine rings is 1. The Balaban J connectivity index is 1.98. The highest BCUT2D eigenvalue weighted by Gasteiger charge is 2.28. The Hall–Kier alpha value is -0.950. The highest BCUT2D eigenvalue weighted by Crippen LogP contribution is 2.14. The fourth-order valence-corrected chi connectivity index (χ4v) is 3.01. The molecule has 1 saturated heterocycles. The zero-order valence-electron chi connectivity index (χ0n) is 10.5. The number of benzene rings is 1. The van der Waals surface area contributed by atoms with Gasteiger partial charge < -0.3 is 0 Å². The molecule has 5 nitrogen and oxygen atoms in total. The fraction of sp³-hybridized carbons (Fsp3) is 0.500. The molecule has 1 heterocycles. The van der Waals surface area contributed by atoms with E-state index in [1.165, 1.54) is 9.87 Å². The minimum absolute atomic E-state index is 0.178. The Morgan fingerprint density at radius 1 is 1.28 bits per heavy atom. The van der Waals surface area contributed by atoms with Gasteiger partial charge in [-0.1, -0.05) is 30.3 Å². The quantitative estimate of drug-likeness (QED) is 0.863. The van der Waals surface area contributed by atoms with E-state index in [9.17, 15) is 8.42 Å². The van der Waals surface area contributed by atoms with Crippen molar-refractivity contribution in [1.82, 2.24) is 9.21 Å². The van der Waals surface area contributed by atoms with Crippen LogP contribution in [0.15, 0.2) is 30.3 Å². The van der Waals surface area contributed by atoms with Crippen molar-refractivity contribution in [1.29, 1.82) is 0 Å². The molecule has 0 saturated carbocycles. The summed E-state index contributed by atoms with van der Waals surface area (Å²) in [6.45, 7) is 4.52. The predicted octanol–water partition coefficient (Wildman–Crippen LogP) is 0.396. The second-order valence-corrected chi connectivity index (χ2v) is 6.25. The van der Waals surface area contributed by atoms with Gasteiger partial charge in [-0.2, -0.15) is 12.7 Å². The van der Waals surface area contributed by atoms with Gasteiger partial charge in [-0.25, -0.2) is 5.14 Å². The molecule has 1 fully saturated rings. The van der Waals surface area contributed by atoms with Crippen LogP contribution in [0.1, 0.15) is 12.5 Å². The lowest BCUT2D eigenvalue weighted by Crippen LogP contribution is -2.54. The molecule has 0 aliphatic carbocycles. The minimum atomic E-state index is -3.55. The van der Waals surface area contributed by atoms with Crippen LogP contribution in [0, 0.1) is 0 Å². The van der Waals surface area contributed by atoms with Gasteiger partial charge in [0.2, 0.25) is 0 Å². The lowest BCUT2D eigenvalue weighted by Gasteiger charge is -2.38. The molecular formula is C12H19N3O2S. The first kappa shape index (κ1) is 13.5. The highest BCUT2D eigenvalue weighted by molar-refractivity contribution is 7.86. The number of nitrogens with zero attached hydrogens (tertiary/aromatic N) is 2. The van der Waals surface area contributed by atoms with Crippen LogP contribution in [-0.4, -0.2) is 43.3 Å². The third-order valence-electron chi connectivity index (χ3n) is 3.32. The molecule has 100 valence electrons. The number of rotatable bonds is 3. The molecule has 1 atom stereocenters. The molecule has 1 aromatic carbocycles. The van der Waals surface area contributed by atoms with Crippen molar-refractivity contribution in [2.24, 2.45) is 5.14 Å².